The minimum Gasteiger partial charge on any atom is -0.386 e. The third-order valence-electron chi connectivity index (χ3n) is 4.05. The van der Waals surface area contributed by atoms with Crippen molar-refractivity contribution in [3.63, 3.8) is 0 Å². The van der Waals surface area contributed by atoms with Crippen molar-refractivity contribution in [2.24, 2.45) is 0 Å². The van der Waals surface area contributed by atoms with E-state index in [1.165, 1.54) is 24.8 Å². The van der Waals surface area contributed by atoms with E-state index in [2.05, 4.69) is 12.1 Å². The maximum Gasteiger partial charge on any atom is 0.111 e. The number of rotatable bonds is 3. The van der Waals surface area contributed by atoms with Crippen LogP contribution in [0.2, 0.25) is 0 Å². The lowest BCUT2D eigenvalue weighted by atomic mass is 9.80. The maximum atomic E-state index is 10.2. The quantitative estimate of drug-likeness (QED) is 0.892. The van der Waals surface area contributed by atoms with Crippen LogP contribution in [-0.2, 0) is 9.47 Å². The zero-order valence-corrected chi connectivity index (χ0v) is 10.5. The van der Waals surface area contributed by atoms with Gasteiger partial charge in [-0.1, -0.05) is 30.7 Å². The number of benzene rings is 1. The van der Waals surface area contributed by atoms with Gasteiger partial charge in [0.1, 0.15) is 12.2 Å². The summed E-state index contributed by atoms with van der Waals surface area (Å²) >= 11 is 0. The van der Waals surface area contributed by atoms with Crippen molar-refractivity contribution in [1.82, 2.24) is 0 Å². The van der Waals surface area contributed by atoms with Crippen LogP contribution >= 0.6 is 0 Å². The van der Waals surface area contributed by atoms with Gasteiger partial charge < -0.3 is 14.6 Å². The van der Waals surface area contributed by atoms with E-state index in [9.17, 15) is 5.11 Å². The molecule has 3 rings (SSSR count). The monoisotopic (exact) mass is 248 g/mol. The van der Waals surface area contributed by atoms with Gasteiger partial charge in [-0.15, -0.1) is 0 Å². The van der Waals surface area contributed by atoms with Crippen LogP contribution in [0.5, 0.6) is 0 Å². The molecule has 0 bridgehead atoms. The van der Waals surface area contributed by atoms with E-state index in [1.54, 1.807) is 0 Å². The molecule has 18 heavy (non-hydrogen) atoms. The van der Waals surface area contributed by atoms with E-state index in [-0.39, 0.29) is 6.10 Å². The van der Waals surface area contributed by atoms with Gasteiger partial charge in [0.15, 0.2) is 0 Å². The van der Waals surface area contributed by atoms with Crippen LogP contribution in [0, 0.1) is 0 Å². The first kappa shape index (κ1) is 12.2. The van der Waals surface area contributed by atoms with Crippen molar-refractivity contribution in [2.45, 2.75) is 37.4 Å². The van der Waals surface area contributed by atoms with Gasteiger partial charge in [-0.2, -0.15) is 0 Å². The molecule has 1 aromatic rings. The van der Waals surface area contributed by atoms with Gasteiger partial charge in [-0.05, 0) is 29.9 Å². The average molecular weight is 248 g/mol. The Balaban J connectivity index is 1.67. The largest absolute Gasteiger partial charge is 0.386 e. The van der Waals surface area contributed by atoms with Crippen molar-refractivity contribution in [1.29, 1.82) is 0 Å². The van der Waals surface area contributed by atoms with Gasteiger partial charge in [0.25, 0.3) is 0 Å². The molecular weight excluding hydrogens is 228 g/mol. The molecule has 1 saturated heterocycles. The first-order valence-electron chi connectivity index (χ1n) is 6.82. The van der Waals surface area contributed by atoms with E-state index < -0.39 is 6.10 Å². The third-order valence-corrected chi connectivity index (χ3v) is 4.05. The minimum atomic E-state index is -0.583. The summed E-state index contributed by atoms with van der Waals surface area (Å²) in [5.41, 5.74) is 2.33. The number of hydrogen-bond acceptors (Lipinski definition) is 3. The van der Waals surface area contributed by atoms with Crippen LogP contribution in [0.3, 0.4) is 0 Å². The molecule has 2 atom stereocenters. The van der Waals surface area contributed by atoms with Crippen molar-refractivity contribution < 1.29 is 14.6 Å². The fourth-order valence-electron chi connectivity index (χ4n) is 2.61. The molecule has 1 aliphatic carbocycles. The fraction of sp³-hybridized carbons (Fsp3) is 0.600. The van der Waals surface area contributed by atoms with Crippen molar-refractivity contribution in [3.8, 4) is 0 Å². The molecule has 3 heteroatoms. The Morgan fingerprint density at radius 2 is 1.89 bits per heavy atom. The number of aliphatic hydroxyl groups excluding tert-OH is 1. The second kappa shape index (κ2) is 5.39. The molecule has 0 radical (unpaired) electrons. The summed E-state index contributed by atoms with van der Waals surface area (Å²) in [7, 11) is 0. The second-order valence-corrected chi connectivity index (χ2v) is 5.22. The standard InChI is InChI=1S/C15H20O3/c16-15(14-10-17-8-9-18-14)13-6-4-12(5-7-13)11-2-1-3-11/h4-7,11,14-16H,1-3,8-10H2. The lowest BCUT2D eigenvalue weighted by Crippen LogP contribution is -2.33. The molecule has 1 N–H and O–H groups in total. The van der Waals surface area contributed by atoms with Gasteiger partial charge in [0.05, 0.1) is 19.8 Å². The maximum absolute atomic E-state index is 10.2. The summed E-state index contributed by atoms with van der Waals surface area (Å²) in [6.45, 7) is 1.68. The lowest BCUT2D eigenvalue weighted by Gasteiger charge is -2.28. The topological polar surface area (TPSA) is 38.7 Å². The number of aliphatic hydroxyl groups is 1. The minimum absolute atomic E-state index is 0.228. The van der Waals surface area contributed by atoms with E-state index >= 15 is 0 Å². The zero-order valence-electron chi connectivity index (χ0n) is 10.5. The molecule has 0 aromatic heterocycles. The molecular formula is C15H20O3. The van der Waals surface area contributed by atoms with Crippen LogP contribution < -0.4 is 0 Å². The van der Waals surface area contributed by atoms with Crippen molar-refractivity contribution in [3.05, 3.63) is 35.4 Å². The Morgan fingerprint density at radius 1 is 1.11 bits per heavy atom. The summed E-state index contributed by atoms with van der Waals surface area (Å²) in [5.74, 6) is 0.741. The molecule has 2 aliphatic rings. The highest BCUT2D eigenvalue weighted by Gasteiger charge is 2.25. The molecule has 1 aromatic carbocycles. The molecule has 1 aliphatic heterocycles. The second-order valence-electron chi connectivity index (χ2n) is 5.22. The Labute approximate surface area is 108 Å². The molecule has 1 saturated carbocycles. The van der Waals surface area contributed by atoms with Gasteiger partial charge in [-0.25, -0.2) is 0 Å². The average Bonchev–Trinajstić information content (AvgIpc) is 2.38. The molecule has 0 amide bonds. The third kappa shape index (κ3) is 2.44. The number of hydrogen-bond donors (Lipinski definition) is 1. The fourth-order valence-corrected chi connectivity index (χ4v) is 2.61. The zero-order chi connectivity index (χ0) is 12.4. The van der Waals surface area contributed by atoms with Crippen molar-refractivity contribution in [2.75, 3.05) is 19.8 Å². The van der Waals surface area contributed by atoms with Gasteiger partial charge in [0, 0.05) is 0 Å². The summed E-state index contributed by atoms with van der Waals surface area (Å²) in [6, 6.07) is 8.34. The normalized spacial score (nSPS) is 26.6. The molecule has 98 valence electrons. The van der Waals surface area contributed by atoms with Crippen LogP contribution in [0.1, 0.15) is 42.4 Å². The number of ether oxygens (including phenoxy) is 2. The highest BCUT2D eigenvalue weighted by Crippen LogP contribution is 2.36. The Kier molecular flexibility index (Phi) is 3.64. The smallest absolute Gasteiger partial charge is 0.111 e. The molecule has 0 spiro atoms. The van der Waals surface area contributed by atoms with E-state index in [1.807, 2.05) is 12.1 Å². The SMILES string of the molecule is OC(c1ccc(C2CCC2)cc1)C1COCCO1. The van der Waals surface area contributed by atoms with Gasteiger partial charge >= 0.3 is 0 Å². The van der Waals surface area contributed by atoms with Gasteiger partial charge in [0.2, 0.25) is 0 Å². The van der Waals surface area contributed by atoms with Gasteiger partial charge in [-0.3, -0.25) is 0 Å². The highest BCUT2D eigenvalue weighted by molar-refractivity contribution is 5.28. The first-order valence-corrected chi connectivity index (χ1v) is 6.82. The van der Waals surface area contributed by atoms with Crippen LogP contribution in [0.15, 0.2) is 24.3 Å². The summed E-state index contributed by atoms with van der Waals surface area (Å²) in [5, 5.41) is 10.2. The predicted molar refractivity (Wildman–Crippen MR) is 68.6 cm³/mol. The summed E-state index contributed by atoms with van der Waals surface area (Å²) in [6.07, 6.45) is 3.15. The Hall–Kier alpha value is -0.900. The van der Waals surface area contributed by atoms with Crippen LogP contribution in [0.4, 0.5) is 0 Å². The van der Waals surface area contributed by atoms with E-state index in [0.717, 1.165) is 11.5 Å². The van der Waals surface area contributed by atoms with Crippen molar-refractivity contribution >= 4 is 0 Å². The van der Waals surface area contributed by atoms with Crippen LogP contribution in [0.25, 0.3) is 0 Å². The molecule has 2 unspecified atom stereocenters. The molecule has 1 heterocycles. The molecule has 2 fully saturated rings. The first-order chi connectivity index (χ1) is 8.84. The highest BCUT2D eigenvalue weighted by atomic mass is 16.6. The Bertz CT molecular complexity index is 377. The molecule has 3 nitrogen and oxygen atoms in total. The summed E-state index contributed by atoms with van der Waals surface area (Å²) < 4.78 is 10.9. The van der Waals surface area contributed by atoms with E-state index in [4.69, 9.17) is 9.47 Å². The van der Waals surface area contributed by atoms with Crippen LogP contribution in [-0.4, -0.2) is 31.0 Å². The lowest BCUT2D eigenvalue weighted by molar-refractivity contribution is -0.133. The van der Waals surface area contributed by atoms with E-state index in [0.29, 0.717) is 19.8 Å². The summed E-state index contributed by atoms with van der Waals surface area (Å²) in [4.78, 5) is 0. The predicted octanol–water partition coefficient (Wildman–Crippen LogP) is 2.40. The Morgan fingerprint density at radius 3 is 2.44 bits per heavy atom.